The molecule has 0 saturated carbocycles. The number of aryl methyl sites for hydroxylation is 1. The molecule has 0 bridgehead atoms. The lowest BCUT2D eigenvalue weighted by Crippen LogP contribution is -2.34. The second-order valence-corrected chi connectivity index (χ2v) is 6.34. The van der Waals surface area contributed by atoms with E-state index in [-0.39, 0.29) is 15.6 Å². The van der Waals surface area contributed by atoms with Crippen molar-refractivity contribution in [3.05, 3.63) is 46.9 Å². The van der Waals surface area contributed by atoms with Crippen LogP contribution in [0, 0.1) is 6.92 Å². The van der Waals surface area contributed by atoms with E-state index in [0.717, 1.165) is 6.20 Å². The Morgan fingerprint density at radius 2 is 2.10 bits per heavy atom. The van der Waals surface area contributed by atoms with Crippen LogP contribution in [0.2, 0.25) is 5.02 Å². The highest BCUT2D eigenvalue weighted by Gasteiger charge is 2.29. The number of nitrogens with zero attached hydrogens (tertiary/aromatic N) is 1. The first-order valence-electron chi connectivity index (χ1n) is 5.82. The van der Waals surface area contributed by atoms with Gasteiger partial charge in [-0.05, 0) is 18.6 Å². The third kappa shape index (κ3) is 3.41. The second-order valence-electron chi connectivity index (χ2n) is 4.25. The smallest absolute Gasteiger partial charge is 0.326 e. The van der Waals surface area contributed by atoms with E-state index in [2.05, 4.69) is 14.7 Å². The van der Waals surface area contributed by atoms with Crippen LogP contribution in [0.3, 0.4) is 0 Å². The zero-order valence-electron chi connectivity index (χ0n) is 10.9. The summed E-state index contributed by atoms with van der Waals surface area (Å²) in [4.78, 5) is 17.7. The molecule has 0 spiro atoms. The summed E-state index contributed by atoms with van der Waals surface area (Å²) in [6.07, 6.45) is 1.11. The quantitative estimate of drug-likeness (QED) is 0.769. The molecular weight excluding hydrogens is 318 g/mol. The predicted molar refractivity (Wildman–Crippen MR) is 75.5 cm³/mol. The Bertz CT molecular complexity index is 772. The number of hydrogen-bond acceptors (Lipinski definition) is 4. The Balaban J connectivity index is 2.38. The molecule has 0 saturated heterocycles. The van der Waals surface area contributed by atoms with E-state index in [9.17, 15) is 18.3 Å². The third-order valence-electron chi connectivity index (χ3n) is 2.71. The number of carboxylic acids is 1. The molecule has 2 aromatic rings. The van der Waals surface area contributed by atoms with Gasteiger partial charge in [0.05, 0.1) is 6.20 Å². The second kappa shape index (κ2) is 5.84. The monoisotopic (exact) mass is 329 g/mol. The summed E-state index contributed by atoms with van der Waals surface area (Å²) in [5.41, 5.74) is 0.159. The molecule has 1 aromatic heterocycles. The normalized spacial score (nSPS) is 13.0. The number of benzene rings is 1. The molecule has 1 atom stereocenters. The number of rotatable bonds is 5. The molecule has 7 nitrogen and oxygen atoms in total. The SMILES string of the molecule is Cc1ncc(S(=O)(=O)N[C@@H](C(=O)O)c2ccccc2Cl)[nH]1. The molecule has 21 heavy (non-hydrogen) atoms. The van der Waals surface area contributed by atoms with E-state index in [0.29, 0.717) is 5.82 Å². The number of carbonyl (C=O) groups is 1. The van der Waals surface area contributed by atoms with E-state index in [1.807, 2.05) is 0 Å². The van der Waals surface area contributed by atoms with Gasteiger partial charge in [-0.3, -0.25) is 4.79 Å². The van der Waals surface area contributed by atoms with Crippen LogP contribution < -0.4 is 4.72 Å². The maximum atomic E-state index is 12.2. The van der Waals surface area contributed by atoms with Crippen LogP contribution in [0.15, 0.2) is 35.5 Å². The average Bonchev–Trinajstić information content (AvgIpc) is 2.84. The molecule has 112 valence electrons. The molecule has 1 aromatic carbocycles. The zero-order chi connectivity index (χ0) is 15.6. The van der Waals surface area contributed by atoms with Crippen molar-refractivity contribution >= 4 is 27.6 Å². The van der Waals surface area contributed by atoms with Crippen LogP contribution in [-0.4, -0.2) is 29.5 Å². The van der Waals surface area contributed by atoms with Gasteiger partial charge in [0.2, 0.25) is 0 Å². The minimum Gasteiger partial charge on any atom is -0.480 e. The van der Waals surface area contributed by atoms with Gasteiger partial charge in [-0.2, -0.15) is 4.72 Å². The Kier molecular flexibility index (Phi) is 4.31. The maximum absolute atomic E-state index is 12.2. The number of carboxylic acid groups (broad SMARTS) is 1. The van der Waals surface area contributed by atoms with Crippen LogP contribution in [-0.2, 0) is 14.8 Å². The number of nitrogens with one attached hydrogen (secondary N) is 2. The molecule has 3 N–H and O–H groups in total. The number of hydrogen-bond donors (Lipinski definition) is 3. The van der Waals surface area contributed by atoms with Crippen molar-refractivity contribution in [1.29, 1.82) is 0 Å². The minimum absolute atomic E-state index is 0.159. The first-order chi connectivity index (χ1) is 9.81. The predicted octanol–water partition coefficient (Wildman–Crippen LogP) is 1.48. The maximum Gasteiger partial charge on any atom is 0.326 e. The highest BCUT2D eigenvalue weighted by atomic mass is 35.5. The van der Waals surface area contributed by atoms with Crippen LogP contribution in [0.1, 0.15) is 17.4 Å². The largest absolute Gasteiger partial charge is 0.480 e. The molecule has 0 fully saturated rings. The van der Waals surface area contributed by atoms with E-state index in [1.54, 1.807) is 19.1 Å². The summed E-state index contributed by atoms with van der Waals surface area (Å²) in [6.45, 7) is 1.59. The Labute approximate surface area is 126 Å². The lowest BCUT2D eigenvalue weighted by Gasteiger charge is -2.15. The Hall–Kier alpha value is -1.90. The van der Waals surface area contributed by atoms with E-state index >= 15 is 0 Å². The molecule has 0 unspecified atom stereocenters. The third-order valence-corrected chi connectivity index (χ3v) is 4.38. The summed E-state index contributed by atoms with van der Waals surface area (Å²) in [6, 6.07) is 4.64. The molecule has 0 amide bonds. The Morgan fingerprint density at radius 3 is 2.62 bits per heavy atom. The fourth-order valence-electron chi connectivity index (χ4n) is 1.71. The molecule has 1 heterocycles. The van der Waals surface area contributed by atoms with Gasteiger partial charge in [0.25, 0.3) is 10.0 Å². The van der Waals surface area contributed by atoms with Crippen molar-refractivity contribution in [2.45, 2.75) is 18.0 Å². The number of aliphatic carboxylic acids is 1. The number of H-pyrrole nitrogens is 1. The standard InChI is InChI=1S/C12H12ClN3O4S/c1-7-14-6-10(15-7)21(19,20)16-11(12(17)18)8-4-2-3-5-9(8)13/h2-6,11,16H,1H3,(H,14,15)(H,17,18)/t11-/m1/s1. The van der Waals surface area contributed by atoms with Crippen molar-refractivity contribution in [2.24, 2.45) is 0 Å². The molecule has 0 aliphatic carbocycles. The molecule has 2 rings (SSSR count). The first-order valence-corrected chi connectivity index (χ1v) is 7.68. The topological polar surface area (TPSA) is 112 Å². The Morgan fingerprint density at radius 1 is 1.43 bits per heavy atom. The summed E-state index contributed by atoms with van der Waals surface area (Å²) in [5.74, 6) is -0.956. The average molecular weight is 330 g/mol. The van der Waals surface area contributed by atoms with Crippen LogP contribution in [0.25, 0.3) is 0 Å². The van der Waals surface area contributed by atoms with Gasteiger partial charge < -0.3 is 10.1 Å². The molecule has 0 radical (unpaired) electrons. The number of aromatic nitrogens is 2. The number of aromatic amines is 1. The van der Waals surface area contributed by atoms with Gasteiger partial charge in [0.15, 0.2) is 5.03 Å². The molecule has 0 aliphatic heterocycles. The highest BCUT2D eigenvalue weighted by Crippen LogP contribution is 2.24. The van der Waals surface area contributed by atoms with E-state index < -0.39 is 22.0 Å². The minimum atomic E-state index is -4.06. The first kappa shape index (κ1) is 15.5. The van der Waals surface area contributed by atoms with Crippen molar-refractivity contribution < 1.29 is 18.3 Å². The van der Waals surface area contributed by atoms with Crippen LogP contribution in [0.4, 0.5) is 0 Å². The zero-order valence-corrected chi connectivity index (χ0v) is 12.4. The van der Waals surface area contributed by atoms with Crippen molar-refractivity contribution in [1.82, 2.24) is 14.7 Å². The summed E-state index contributed by atoms with van der Waals surface area (Å²) < 4.78 is 26.4. The molecule has 0 aliphatic rings. The van der Waals surface area contributed by atoms with Gasteiger partial charge in [-0.1, -0.05) is 29.8 Å². The molecule has 9 heteroatoms. The molecular formula is C12H12ClN3O4S. The lowest BCUT2D eigenvalue weighted by molar-refractivity contribution is -0.139. The fraction of sp³-hybridized carbons (Fsp3) is 0.167. The van der Waals surface area contributed by atoms with Crippen LogP contribution in [0.5, 0.6) is 0 Å². The van der Waals surface area contributed by atoms with Gasteiger partial charge in [-0.25, -0.2) is 13.4 Å². The number of sulfonamides is 1. The van der Waals surface area contributed by atoms with Gasteiger partial charge >= 0.3 is 5.97 Å². The summed E-state index contributed by atoms with van der Waals surface area (Å²) in [7, 11) is -4.06. The highest BCUT2D eigenvalue weighted by molar-refractivity contribution is 7.89. The van der Waals surface area contributed by atoms with E-state index in [1.165, 1.54) is 12.1 Å². The van der Waals surface area contributed by atoms with Gasteiger partial charge in [0, 0.05) is 5.02 Å². The van der Waals surface area contributed by atoms with Crippen LogP contribution >= 0.6 is 11.6 Å². The fourth-order valence-corrected chi connectivity index (χ4v) is 3.09. The number of imidazole rings is 1. The van der Waals surface area contributed by atoms with Gasteiger partial charge in [0.1, 0.15) is 11.9 Å². The summed E-state index contributed by atoms with van der Waals surface area (Å²) >= 11 is 5.92. The van der Waals surface area contributed by atoms with Crippen molar-refractivity contribution in [3.8, 4) is 0 Å². The number of halogens is 1. The lowest BCUT2D eigenvalue weighted by atomic mass is 10.1. The summed E-state index contributed by atoms with van der Waals surface area (Å²) in [5, 5.41) is 9.21. The van der Waals surface area contributed by atoms with Gasteiger partial charge in [-0.15, -0.1) is 0 Å². The van der Waals surface area contributed by atoms with Crippen molar-refractivity contribution in [2.75, 3.05) is 0 Å². The van der Waals surface area contributed by atoms with Crippen molar-refractivity contribution in [3.63, 3.8) is 0 Å². The van der Waals surface area contributed by atoms with E-state index in [4.69, 9.17) is 11.6 Å².